The van der Waals surface area contributed by atoms with Crippen LogP contribution in [0, 0.1) is 0 Å². The van der Waals surface area contributed by atoms with E-state index in [0.717, 1.165) is 40.4 Å². The number of sulfone groups is 1. The summed E-state index contributed by atoms with van der Waals surface area (Å²) >= 11 is 1.61. The number of fused-ring (bicyclic) bond motifs is 1. The van der Waals surface area contributed by atoms with E-state index in [2.05, 4.69) is 41.5 Å². The number of benzene rings is 2. The van der Waals surface area contributed by atoms with Crippen molar-refractivity contribution in [2.45, 2.75) is 50.2 Å². The van der Waals surface area contributed by atoms with Crippen LogP contribution in [0.15, 0.2) is 65.6 Å². The van der Waals surface area contributed by atoms with Gasteiger partial charge in [0, 0.05) is 23.9 Å². The Morgan fingerprint density at radius 2 is 1.77 bits per heavy atom. The molecule has 6 rings (SSSR count). The quantitative estimate of drug-likeness (QED) is 0.236. The number of anilines is 1. The number of rotatable bonds is 9. The number of nitrogens with one attached hydrogen (secondary N) is 1. The van der Waals surface area contributed by atoms with Crippen molar-refractivity contribution in [1.82, 2.24) is 25.1 Å². The molecule has 40 heavy (non-hydrogen) atoms. The Morgan fingerprint density at radius 1 is 0.975 bits per heavy atom. The molecule has 0 atom stereocenters. The van der Waals surface area contributed by atoms with Crippen molar-refractivity contribution in [3.05, 3.63) is 71.2 Å². The minimum atomic E-state index is -3.34. The summed E-state index contributed by atoms with van der Waals surface area (Å²) in [5.74, 6) is 0.855. The van der Waals surface area contributed by atoms with Gasteiger partial charge < -0.3 is 10.1 Å². The molecule has 1 aliphatic carbocycles. The van der Waals surface area contributed by atoms with Crippen molar-refractivity contribution in [2.24, 2.45) is 0 Å². The first-order chi connectivity index (χ1) is 19.2. The summed E-state index contributed by atoms with van der Waals surface area (Å²) in [7, 11) is -3.34. The van der Waals surface area contributed by atoms with Gasteiger partial charge in [0.15, 0.2) is 15.4 Å². The van der Waals surface area contributed by atoms with Gasteiger partial charge in [0.2, 0.25) is 11.8 Å². The lowest BCUT2D eigenvalue weighted by molar-refractivity contribution is 0.194. The van der Waals surface area contributed by atoms with E-state index in [9.17, 15) is 8.42 Å². The summed E-state index contributed by atoms with van der Waals surface area (Å²) < 4.78 is 30.4. The number of ether oxygens (including phenoxy) is 1. The third kappa shape index (κ3) is 5.66. The third-order valence-electron chi connectivity index (χ3n) is 6.79. The van der Waals surface area contributed by atoms with E-state index in [0.29, 0.717) is 40.7 Å². The van der Waals surface area contributed by atoms with E-state index in [1.165, 1.54) is 6.26 Å². The zero-order valence-electron chi connectivity index (χ0n) is 22.4. The van der Waals surface area contributed by atoms with Crippen LogP contribution >= 0.6 is 11.3 Å². The first-order valence-electron chi connectivity index (χ1n) is 13.0. The SMILES string of the molecule is CCc1nnc(-c2ccc(CNc3nc(OC4(C)CC4)c4nc(-c5cccc(S(C)(=O)=O)c5)ccc4n3)cc2)s1. The van der Waals surface area contributed by atoms with Crippen LogP contribution in [0.2, 0.25) is 0 Å². The first-order valence-corrected chi connectivity index (χ1v) is 15.7. The molecular formula is C29H28N6O3S2. The van der Waals surface area contributed by atoms with Crippen molar-refractivity contribution >= 4 is 38.2 Å². The predicted octanol–water partition coefficient (Wildman–Crippen LogP) is 5.72. The van der Waals surface area contributed by atoms with Gasteiger partial charge in [-0.2, -0.15) is 4.98 Å². The summed E-state index contributed by atoms with van der Waals surface area (Å²) in [4.78, 5) is 14.4. The van der Waals surface area contributed by atoms with Gasteiger partial charge in [-0.05, 0) is 56.0 Å². The summed E-state index contributed by atoms with van der Waals surface area (Å²) in [6.07, 6.45) is 3.96. The van der Waals surface area contributed by atoms with Crippen molar-refractivity contribution < 1.29 is 13.2 Å². The molecule has 204 valence electrons. The number of nitrogens with zero attached hydrogens (tertiary/aromatic N) is 5. The molecule has 0 spiro atoms. The summed E-state index contributed by atoms with van der Waals surface area (Å²) in [6.45, 7) is 4.66. The molecule has 0 aliphatic heterocycles. The highest BCUT2D eigenvalue weighted by Gasteiger charge is 2.41. The monoisotopic (exact) mass is 572 g/mol. The van der Waals surface area contributed by atoms with Gasteiger partial charge in [0.05, 0.1) is 16.1 Å². The third-order valence-corrected chi connectivity index (χ3v) is 9.01. The van der Waals surface area contributed by atoms with Gasteiger partial charge >= 0.3 is 0 Å². The summed E-state index contributed by atoms with van der Waals surface area (Å²) in [6, 6.07) is 18.6. The Labute approximate surface area is 236 Å². The molecular weight excluding hydrogens is 544 g/mol. The molecule has 9 nitrogen and oxygen atoms in total. The summed E-state index contributed by atoms with van der Waals surface area (Å²) in [5.41, 5.74) is 4.33. The van der Waals surface area contributed by atoms with Crippen molar-refractivity contribution in [1.29, 1.82) is 0 Å². The molecule has 1 aliphatic rings. The van der Waals surface area contributed by atoms with Crippen molar-refractivity contribution in [2.75, 3.05) is 11.6 Å². The Kier molecular flexibility index (Phi) is 6.71. The molecule has 0 radical (unpaired) electrons. The van der Waals surface area contributed by atoms with Crippen LogP contribution < -0.4 is 10.1 Å². The molecule has 3 aromatic heterocycles. The van der Waals surface area contributed by atoms with Crippen LogP contribution in [-0.4, -0.2) is 45.4 Å². The highest BCUT2D eigenvalue weighted by atomic mass is 32.2. The average Bonchev–Trinajstić information content (AvgIpc) is 3.48. The predicted molar refractivity (Wildman–Crippen MR) is 156 cm³/mol. The molecule has 2 aromatic carbocycles. The minimum absolute atomic E-state index is 0.242. The number of hydrogen-bond donors (Lipinski definition) is 1. The van der Waals surface area contributed by atoms with Gasteiger partial charge in [0.1, 0.15) is 15.6 Å². The molecule has 0 amide bonds. The maximum atomic E-state index is 12.1. The molecule has 5 aromatic rings. The maximum Gasteiger partial charge on any atom is 0.246 e. The molecule has 11 heteroatoms. The van der Waals surface area contributed by atoms with Crippen LogP contribution in [0.1, 0.15) is 37.3 Å². The van der Waals surface area contributed by atoms with Crippen molar-refractivity contribution in [3.8, 4) is 27.7 Å². The number of pyridine rings is 1. The van der Waals surface area contributed by atoms with Gasteiger partial charge in [-0.1, -0.05) is 54.7 Å². The van der Waals surface area contributed by atoms with Gasteiger partial charge in [-0.3, -0.25) is 0 Å². The fourth-order valence-electron chi connectivity index (χ4n) is 4.16. The minimum Gasteiger partial charge on any atom is -0.470 e. The fraction of sp³-hybridized carbons (Fsp3) is 0.276. The second-order valence-electron chi connectivity index (χ2n) is 10.2. The second kappa shape index (κ2) is 10.2. The molecule has 1 N–H and O–H groups in total. The van der Waals surface area contributed by atoms with Crippen LogP contribution in [0.4, 0.5) is 5.95 Å². The molecule has 0 saturated heterocycles. The Morgan fingerprint density at radius 3 is 2.48 bits per heavy atom. The largest absolute Gasteiger partial charge is 0.470 e. The number of hydrogen-bond acceptors (Lipinski definition) is 10. The van der Waals surface area contributed by atoms with Crippen LogP contribution in [0.5, 0.6) is 5.88 Å². The van der Waals surface area contributed by atoms with E-state index in [1.54, 1.807) is 29.5 Å². The van der Waals surface area contributed by atoms with Gasteiger partial charge in [-0.15, -0.1) is 10.2 Å². The van der Waals surface area contributed by atoms with E-state index in [1.807, 2.05) is 30.3 Å². The maximum absolute atomic E-state index is 12.1. The molecule has 1 fully saturated rings. The van der Waals surface area contributed by atoms with E-state index in [-0.39, 0.29) is 10.5 Å². The topological polar surface area (TPSA) is 120 Å². The van der Waals surface area contributed by atoms with Crippen LogP contribution in [-0.2, 0) is 22.8 Å². The van der Waals surface area contributed by atoms with Crippen LogP contribution in [0.25, 0.3) is 32.9 Å². The lowest BCUT2D eigenvalue weighted by Crippen LogP contribution is -2.15. The van der Waals surface area contributed by atoms with Crippen LogP contribution in [0.3, 0.4) is 0 Å². The lowest BCUT2D eigenvalue weighted by Gasteiger charge is -2.15. The Bertz CT molecular complexity index is 1820. The zero-order valence-corrected chi connectivity index (χ0v) is 24.0. The summed E-state index contributed by atoms with van der Waals surface area (Å²) in [5, 5.41) is 13.7. The molecule has 1 saturated carbocycles. The van der Waals surface area contributed by atoms with E-state index in [4.69, 9.17) is 19.7 Å². The Hall–Kier alpha value is -3.96. The van der Waals surface area contributed by atoms with Crippen molar-refractivity contribution in [3.63, 3.8) is 0 Å². The highest BCUT2D eigenvalue weighted by molar-refractivity contribution is 7.90. The fourth-order valence-corrected chi connectivity index (χ4v) is 5.61. The first kappa shape index (κ1) is 26.3. The standard InChI is InChI=1S/C29H28N6O3S2/c1-4-24-34-35-27(39-24)19-10-8-18(9-11-19)17-30-28-32-23-13-12-22(20-6-5-7-21(16-20)40(3,36)37)31-25(23)26(33-28)38-29(2)14-15-29/h5-13,16H,4,14-15,17H2,1-3H3,(H,30,32,33). The lowest BCUT2D eigenvalue weighted by atomic mass is 10.1. The molecule has 0 unspecified atom stereocenters. The molecule has 3 heterocycles. The zero-order chi connectivity index (χ0) is 27.9. The van der Waals surface area contributed by atoms with E-state index >= 15 is 0 Å². The number of aryl methyl sites for hydroxylation is 1. The highest BCUT2D eigenvalue weighted by Crippen LogP contribution is 2.41. The molecule has 0 bridgehead atoms. The Balaban J connectivity index is 1.27. The smallest absolute Gasteiger partial charge is 0.246 e. The number of aromatic nitrogens is 5. The van der Waals surface area contributed by atoms with E-state index < -0.39 is 9.84 Å². The normalized spacial score (nSPS) is 14.3. The van der Waals surface area contributed by atoms with Gasteiger partial charge in [0.25, 0.3) is 0 Å². The average molecular weight is 573 g/mol. The van der Waals surface area contributed by atoms with Gasteiger partial charge in [-0.25, -0.2) is 18.4 Å². The second-order valence-corrected chi connectivity index (χ2v) is 13.3.